The van der Waals surface area contributed by atoms with E-state index < -0.39 is 0 Å². The maximum Gasteiger partial charge on any atom is 0.236 e. The molecule has 1 heterocycles. The van der Waals surface area contributed by atoms with E-state index in [1.54, 1.807) is 6.08 Å². The molecule has 2 atom stereocenters. The fraction of sp³-hybridized carbons (Fsp3) is 0.727. The number of rotatable bonds is 4. The minimum atomic E-state index is 0.204. The van der Waals surface area contributed by atoms with E-state index in [4.69, 9.17) is 0 Å². The topological polar surface area (TPSA) is 32.3 Å². The van der Waals surface area contributed by atoms with Crippen LogP contribution in [0.1, 0.15) is 13.8 Å². The molecule has 1 fully saturated rings. The van der Waals surface area contributed by atoms with E-state index in [1.807, 2.05) is 16.7 Å². The van der Waals surface area contributed by atoms with Crippen molar-refractivity contribution in [3.63, 3.8) is 0 Å². The zero-order valence-corrected chi connectivity index (χ0v) is 10.3. The first-order chi connectivity index (χ1) is 7.13. The average Bonchev–Trinajstić information content (AvgIpc) is 2.16. The summed E-state index contributed by atoms with van der Waals surface area (Å²) in [6.07, 6.45) is 1.77. The average molecular weight is 228 g/mol. The number of thioether (sulfide) groups is 1. The van der Waals surface area contributed by atoms with Crippen LogP contribution in [0.2, 0.25) is 0 Å². The molecule has 2 unspecified atom stereocenters. The van der Waals surface area contributed by atoms with Crippen molar-refractivity contribution >= 4 is 17.7 Å². The van der Waals surface area contributed by atoms with Gasteiger partial charge in [-0.1, -0.05) is 19.9 Å². The number of nitrogens with zero attached hydrogens (tertiary/aromatic N) is 1. The van der Waals surface area contributed by atoms with Gasteiger partial charge in [0.05, 0.1) is 6.54 Å². The fourth-order valence-electron chi connectivity index (χ4n) is 1.77. The minimum absolute atomic E-state index is 0.204. The largest absolute Gasteiger partial charge is 0.339 e. The quantitative estimate of drug-likeness (QED) is 0.578. The van der Waals surface area contributed by atoms with Crippen molar-refractivity contribution in [1.82, 2.24) is 10.2 Å². The molecule has 1 aliphatic rings. The van der Waals surface area contributed by atoms with Crippen LogP contribution in [0.3, 0.4) is 0 Å². The molecular weight excluding hydrogens is 208 g/mol. The SMILES string of the molecule is C=CCNCC(=O)N1CC(C)SC(C)C1. The van der Waals surface area contributed by atoms with E-state index in [9.17, 15) is 4.79 Å². The Bertz CT molecular complexity index is 223. The lowest BCUT2D eigenvalue weighted by atomic mass is 10.3. The van der Waals surface area contributed by atoms with E-state index in [0.29, 0.717) is 23.6 Å². The summed E-state index contributed by atoms with van der Waals surface area (Å²) in [4.78, 5) is 13.7. The second-order valence-electron chi connectivity index (χ2n) is 3.98. The van der Waals surface area contributed by atoms with Crippen LogP contribution < -0.4 is 5.32 Å². The number of hydrogen-bond donors (Lipinski definition) is 1. The van der Waals surface area contributed by atoms with Gasteiger partial charge < -0.3 is 10.2 Å². The highest BCUT2D eigenvalue weighted by Gasteiger charge is 2.25. The van der Waals surface area contributed by atoms with Gasteiger partial charge in [0.25, 0.3) is 0 Å². The summed E-state index contributed by atoms with van der Waals surface area (Å²) < 4.78 is 0. The summed E-state index contributed by atoms with van der Waals surface area (Å²) in [6, 6.07) is 0. The van der Waals surface area contributed by atoms with Crippen molar-refractivity contribution in [2.24, 2.45) is 0 Å². The molecule has 3 nitrogen and oxygen atoms in total. The first-order valence-corrected chi connectivity index (χ1v) is 6.32. The van der Waals surface area contributed by atoms with Gasteiger partial charge in [-0.3, -0.25) is 4.79 Å². The van der Waals surface area contributed by atoms with Crippen molar-refractivity contribution in [2.45, 2.75) is 24.3 Å². The Morgan fingerprint density at radius 3 is 2.67 bits per heavy atom. The molecule has 86 valence electrons. The van der Waals surface area contributed by atoms with Crippen LogP contribution in [-0.4, -0.2) is 47.5 Å². The third kappa shape index (κ3) is 4.26. The molecule has 1 amide bonds. The summed E-state index contributed by atoms with van der Waals surface area (Å²) >= 11 is 1.96. The van der Waals surface area contributed by atoms with Crippen molar-refractivity contribution in [2.75, 3.05) is 26.2 Å². The Kier molecular flexibility index (Phi) is 5.19. The summed E-state index contributed by atoms with van der Waals surface area (Å²) in [6.45, 7) is 10.8. The van der Waals surface area contributed by atoms with Crippen LogP contribution in [0.15, 0.2) is 12.7 Å². The second-order valence-corrected chi connectivity index (χ2v) is 5.86. The van der Waals surface area contributed by atoms with Gasteiger partial charge in [-0.15, -0.1) is 6.58 Å². The predicted octanol–water partition coefficient (Wildman–Crippen LogP) is 1.11. The number of carbonyl (C=O) groups excluding carboxylic acids is 1. The highest BCUT2D eigenvalue weighted by atomic mass is 32.2. The number of hydrogen-bond acceptors (Lipinski definition) is 3. The third-order valence-electron chi connectivity index (χ3n) is 2.34. The molecule has 4 heteroatoms. The molecule has 0 aromatic heterocycles. The Balaban J connectivity index is 2.34. The van der Waals surface area contributed by atoms with Crippen molar-refractivity contribution in [1.29, 1.82) is 0 Å². The van der Waals surface area contributed by atoms with E-state index >= 15 is 0 Å². The van der Waals surface area contributed by atoms with Crippen LogP contribution in [0.25, 0.3) is 0 Å². The Morgan fingerprint density at radius 2 is 2.13 bits per heavy atom. The maximum atomic E-state index is 11.8. The molecule has 1 saturated heterocycles. The lowest BCUT2D eigenvalue weighted by Crippen LogP contribution is -2.47. The summed E-state index contributed by atoms with van der Waals surface area (Å²) in [5, 5.41) is 4.15. The lowest BCUT2D eigenvalue weighted by Gasteiger charge is -2.34. The van der Waals surface area contributed by atoms with Gasteiger partial charge in [0.15, 0.2) is 0 Å². The minimum Gasteiger partial charge on any atom is -0.339 e. The standard InChI is InChI=1S/C11H20N2OS/c1-4-5-12-6-11(14)13-7-9(2)15-10(3)8-13/h4,9-10,12H,1,5-8H2,2-3H3. The summed E-state index contributed by atoms with van der Waals surface area (Å²) in [5.41, 5.74) is 0. The molecular formula is C11H20N2OS. The molecule has 0 spiro atoms. The zero-order valence-electron chi connectivity index (χ0n) is 9.53. The molecule has 15 heavy (non-hydrogen) atoms. The third-order valence-corrected chi connectivity index (χ3v) is 3.56. The molecule has 1 N–H and O–H groups in total. The van der Waals surface area contributed by atoms with Crippen LogP contribution in [0.4, 0.5) is 0 Å². The lowest BCUT2D eigenvalue weighted by molar-refractivity contribution is -0.130. The molecule has 0 bridgehead atoms. The van der Waals surface area contributed by atoms with Gasteiger partial charge in [-0.25, -0.2) is 0 Å². The molecule has 0 radical (unpaired) electrons. The van der Waals surface area contributed by atoms with Gasteiger partial charge in [-0.2, -0.15) is 11.8 Å². The Morgan fingerprint density at radius 1 is 1.53 bits per heavy atom. The number of carbonyl (C=O) groups is 1. The molecule has 0 aliphatic carbocycles. The summed E-state index contributed by atoms with van der Waals surface area (Å²) in [5.74, 6) is 0.204. The van der Waals surface area contributed by atoms with E-state index in [0.717, 1.165) is 13.1 Å². The molecule has 1 aliphatic heterocycles. The van der Waals surface area contributed by atoms with Gasteiger partial charge in [-0.05, 0) is 0 Å². The van der Waals surface area contributed by atoms with Gasteiger partial charge in [0.1, 0.15) is 0 Å². The molecule has 0 saturated carbocycles. The van der Waals surface area contributed by atoms with E-state index in [-0.39, 0.29) is 5.91 Å². The number of amides is 1. The van der Waals surface area contributed by atoms with Crippen molar-refractivity contribution < 1.29 is 4.79 Å². The smallest absolute Gasteiger partial charge is 0.236 e. The second kappa shape index (κ2) is 6.18. The first-order valence-electron chi connectivity index (χ1n) is 5.38. The van der Waals surface area contributed by atoms with Gasteiger partial charge in [0.2, 0.25) is 5.91 Å². The van der Waals surface area contributed by atoms with E-state index in [1.165, 1.54) is 0 Å². The molecule has 1 rings (SSSR count). The van der Waals surface area contributed by atoms with E-state index in [2.05, 4.69) is 25.7 Å². The molecule has 0 aromatic rings. The Labute approximate surface area is 96.3 Å². The van der Waals surface area contributed by atoms with Crippen LogP contribution >= 0.6 is 11.8 Å². The maximum absolute atomic E-state index is 11.8. The predicted molar refractivity (Wildman–Crippen MR) is 66.2 cm³/mol. The van der Waals surface area contributed by atoms with Crippen molar-refractivity contribution in [3.05, 3.63) is 12.7 Å². The number of nitrogens with one attached hydrogen (secondary N) is 1. The fourth-order valence-corrected chi connectivity index (χ4v) is 3.10. The van der Waals surface area contributed by atoms with Crippen molar-refractivity contribution in [3.8, 4) is 0 Å². The van der Waals surface area contributed by atoms with Gasteiger partial charge >= 0.3 is 0 Å². The monoisotopic (exact) mass is 228 g/mol. The van der Waals surface area contributed by atoms with Crippen LogP contribution in [0, 0.1) is 0 Å². The summed E-state index contributed by atoms with van der Waals surface area (Å²) in [7, 11) is 0. The molecule has 0 aromatic carbocycles. The normalized spacial score (nSPS) is 26.4. The first kappa shape index (κ1) is 12.6. The highest BCUT2D eigenvalue weighted by Crippen LogP contribution is 2.24. The Hall–Kier alpha value is -0.480. The highest BCUT2D eigenvalue weighted by molar-refractivity contribution is 8.00. The van der Waals surface area contributed by atoms with Gasteiger partial charge in [0, 0.05) is 30.1 Å². The van der Waals surface area contributed by atoms with Crippen LogP contribution in [0.5, 0.6) is 0 Å². The zero-order chi connectivity index (χ0) is 11.3. The van der Waals surface area contributed by atoms with Crippen LogP contribution in [-0.2, 0) is 4.79 Å².